The van der Waals surface area contributed by atoms with Crippen molar-refractivity contribution in [2.75, 3.05) is 12.3 Å². The van der Waals surface area contributed by atoms with Crippen molar-refractivity contribution in [1.29, 1.82) is 0 Å². The lowest BCUT2D eigenvalue weighted by Crippen LogP contribution is -2.36. The molecule has 1 unspecified atom stereocenters. The van der Waals surface area contributed by atoms with Crippen molar-refractivity contribution in [2.45, 2.75) is 6.04 Å². The molecule has 10 heavy (non-hydrogen) atoms. The Kier molecular flexibility index (Phi) is 2.29. The Labute approximate surface area is 62.5 Å². The maximum absolute atomic E-state index is 10.3. The van der Waals surface area contributed by atoms with Gasteiger partial charge in [-0.3, -0.25) is 9.79 Å². The first-order valence-corrected chi connectivity index (χ1v) is 3.86. The molecule has 0 aromatic heterocycles. The molecule has 0 saturated carbocycles. The molecule has 0 spiro atoms. The Bertz CT molecular complexity index is 180. The fraction of sp³-hybridized carbons (Fsp3) is 0.600. The molecule has 0 radical (unpaired) electrons. The van der Waals surface area contributed by atoms with Crippen LogP contribution < -0.4 is 5.73 Å². The van der Waals surface area contributed by atoms with E-state index in [9.17, 15) is 4.79 Å². The first-order chi connectivity index (χ1) is 4.72. The van der Waals surface area contributed by atoms with Crippen LogP contribution in [0.2, 0.25) is 0 Å². The van der Waals surface area contributed by atoms with E-state index in [4.69, 9.17) is 10.8 Å². The highest BCUT2D eigenvalue weighted by molar-refractivity contribution is 8.14. The van der Waals surface area contributed by atoms with Gasteiger partial charge in [-0.05, 0) is 0 Å². The third kappa shape index (κ3) is 1.48. The van der Waals surface area contributed by atoms with Crippen LogP contribution in [0.4, 0.5) is 0 Å². The first-order valence-electron chi connectivity index (χ1n) is 2.87. The second-order valence-electron chi connectivity index (χ2n) is 1.88. The van der Waals surface area contributed by atoms with Crippen LogP contribution in [0.5, 0.6) is 0 Å². The average Bonchev–Trinajstić information content (AvgIpc) is 2.36. The molecule has 1 atom stereocenters. The van der Waals surface area contributed by atoms with Crippen molar-refractivity contribution in [3.63, 3.8) is 0 Å². The van der Waals surface area contributed by atoms with E-state index in [2.05, 4.69) is 4.99 Å². The van der Waals surface area contributed by atoms with Gasteiger partial charge >= 0.3 is 5.97 Å². The van der Waals surface area contributed by atoms with Crippen molar-refractivity contribution in [1.82, 2.24) is 0 Å². The number of nitrogens with zero attached hydrogens (tertiary/aromatic N) is 1. The van der Waals surface area contributed by atoms with Crippen LogP contribution in [0.25, 0.3) is 0 Å². The van der Waals surface area contributed by atoms with Gasteiger partial charge in [-0.1, -0.05) is 0 Å². The molecular formula is C5H8N2O2S. The quantitative estimate of drug-likeness (QED) is 0.573. The number of rotatable bonds is 2. The summed E-state index contributed by atoms with van der Waals surface area (Å²) in [7, 11) is 0. The van der Waals surface area contributed by atoms with Crippen LogP contribution in [-0.4, -0.2) is 34.5 Å². The summed E-state index contributed by atoms with van der Waals surface area (Å²) in [5.41, 5.74) is 5.27. The van der Waals surface area contributed by atoms with Crippen LogP contribution in [0.1, 0.15) is 0 Å². The van der Waals surface area contributed by atoms with E-state index >= 15 is 0 Å². The lowest BCUT2D eigenvalue weighted by Gasteiger charge is -2.02. The van der Waals surface area contributed by atoms with Gasteiger partial charge in [0.25, 0.3) is 0 Å². The molecule has 1 aliphatic heterocycles. The van der Waals surface area contributed by atoms with Gasteiger partial charge in [0, 0.05) is 12.3 Å². The van der Waals surface area contributed by atoms with Crippen molar-refractivity contribution in [3.05, 3.63) is 0 Å². The third-order valence-electron chi connectivity index (χ3n) is 1.14. The number of carboxylic acid groups (broad SMARTS) is 1. The number of carbonyl (C=O) groups is 1. The highest BCUT2D eigenvalue weighted by atomic mass is 32.2. The number of hydrogen-bond donors (Lipinski definition) is 2. The third-order valence-corrected chi connectivity index (χ3v) is 2.21. The molecule has 0 aliphatic carbocycles. The van der Waals surface area contributed by atoms with E-state index in [-0.39, 0.29) is 0 Å². The fourth-order valence-corrected chi connectivity index (χ4v) is 1.50. The smallest absolute Gasteiger partial charge is 0.327 e. The van der Waals surface area contributed by atoms with Crippen LogP contribution >= 0.6 is 11.8 Å². The second-order valence-corrected chi connectivity index (χ2v) is 3.00. The number of aliphatic carboxylic acids is 1. The van der Waals surface area contributed by atoms with Crippen LogP contribution in [0.3, 0.4) is 0 Å². The lowest BCUT2D eigenvalue weighted by molar-refractivity contribution is -0.136. The molecular weight excluding hydrogens is 152 g/mol. The molecule has 0 aromatic rings. The topological polar surface area (TPSA) is 75.7 Å². The Morgan fingerprint density at radius 1 is 1.90 bits per heavy atom. The van der Waals surface area contributed by atoms with Gasteiger partial charge in [0.05, 0.1) is 5.04 Å². The monoisotopic (exact) mass is 160 g/mol. The Hall–Kier alpha value is -0.550. The molecule has 1 aliphatic rings. The summed E-state index contributed by atoms with van der Waals surface area (Å²) in [6.45, 7) is 0.695. The van der Waals surface area contributed by atoms with Gasteiger partial charge in [-0.15, -0.1) is 11.8 Å². The van der Waals surface area contributed by atoms with E-state index < -0.39 is 12.0 Å². The van der Waals surface area contributed by atoms with Crippen LogP contribution in [0.15, 0.2) is 4.99 Å². The maximum Gasteiger partial charge on any atom is 0.327 e. The SMILES string of the molecule is NC(C(=O)O)C1=NCCS1. The number of carboxylic acids is 1. The Balaban J connectivity index is 2.55. The number of nitrogens with two attached hydrogens (primary N) is 1. The van der Waals surface area contributed by atoms with Gasteiger partial charge in [-0.25, -0.2) is 0 Å². The van der Waals surface area contributed by atoms with Gasteiger partial charge < -0.3 is 10.8 Å². The molecule has 1 heterocycles. The summed E-state index contributed by atoms with van der Waals surface area (Å²) in [6, 6.07) is -0.910. The van der Waals surface area contributed by atoms with E-state index in [1.807, 2.05) is 0 Å². The number of thioether (sulfide) groups is 1. The zero-order valence-electron chi connectivity index (χ0n) is 5.28. The van der Waals surface area contributed by atoms with Gasteiger partial charge in [-0.2, -0.15) is 0 Å². The van der Waals surface area contributed by atoms with Gasteiger partial charge in [0.1, 0.15) is 0 Å². The van der Waals surface area contributed by atoms with E-state index in [1.165, 1.54) is 11.8 Å². The summed E-state index contributed by atoms with van der Waals surface area (Å²) < 4.78 is 0. The molecule has 4 nitrogen and oxygen atoms in total. The van der Waals surface area contributed by atoms with Gasteiger partial charge in [0.15, 0.2) is 6.04 Å². The molecule has 0 amide bonds. The molecule has 0 aromatic carbocycles. The lowest BCUT2D eigenvalue weighted by atomic mass is 10.3. The molecule has 5 heteroatoms. The largest absolute Gasteiger partial charge is 0.480 e. The fourth-order valence-electron chi connectivity index (χ4n) is 0.645. The van der Waals surface area contributed by atoms with Crippen LogP contribution in [0, 0.1) is 0 Å². The maximum atomic E-state index is 10.3. The normalized spacial score (nSPS) is 20.3. The summed E-state index contributed by atoms with van der Waals surface area (Å²) in [4.78, 5) is 14.2. The first kappa shape index (κ1) is 7.56. The number of aliphatic imine (C=N–C) groups is 1. The highest BCUT2D eigenvalue weighted by Crippen LogP contribution is 2.13. The standard InChI is InChI=1S/C5H8N2O2S/c6-3(5(8)9)4-7-1-2-10-4/h3H,1-2,6H2,(H,8,9). The minimum atomic E-state index is -1.01. The van der Waals surface area contributed by atoms with Crippen LogP contribution in [-0.2, 0) is 4.79 Å². The predicted octanol–water partition coefficient (Wildman–Crippen LogP) is -0.456. The van der Waals surface area contributed by atoms with Crippen molar-refractivity contribution in [2.24, 2.45) is 10.7 Å². The van der Waals surface area contributed by atoms with E-state index in [0.717, 1.165) is 5.75 Å². The molecule has 3 N–H and O–H groups in total. The second kappa shape index (κ2) is 3.03. The molecule has 0 bridgehead atoms. The summed E-state index contributed by atoms with van der Waals surface area (Å²) >= 11 is 1.42. The average molecular weight is 160 g/mol. The molecule has 0 fully saturated rings. The zero-order chi connectivity index (χ0) is 7.56. The summed E-state index contributed by atoms with van der Waals surface area (Å²) in [6.07, 6.45) is 0. The van der Waals surface area contributed by atoms with Crippen molar-refractivity contribution < 1.29 is 9.90 Å². The Morgan fingerprint density at radius 2 is 2.60 bits per heavy atom. The minimum Gasteiger partial charge on any atom is -0.480 e. The summed E-state index contributed by atoms with van der Waals surface area (Å²) in [5, 5.41) is 8.97. The van der Waals surface area contributed by atoms with Crippen molar-refractivity contribution in [3.8, 4) is 0 Å². The van der Waals surface area contributed by atoms with Crippen molar-refractivity contribution >= 4 is 22.8 Å². The number of hydrogen-bond acceptors (Lipinski definition) is 4. The van der Waals surface area contributed by atoms with E-state index in [0.29, 0.717) is 11.6 Å². The molecule has 1 rings (SSSR count). The summed E-state index contributed by atoms with van der Waals surface area (Å²) in [5.74, 6) is -0.149. The molecule has 0 saturated heterocycles. The minimum absolute atomic E-state index is 0.549. The van der Waals surface area contributed by atoms with Gasteiger partial charge in [0.2, 0.25) is 0 Å². The molecule has 56 valence electrons. The zero-order valence-corrected chi connectivity index (χ0v) is 6.10. The Morgan fingerprint density at radius 3 is 3.00 bits per heavy atom. The van der Waals surface area contributed by atoms with E-state index in [1.54, 1.807) is 0 Å². The highest BCUT2D eigenvalue weighted by Gasteiger charge is 2.21. The predicted molar refractivity (Wildman–Crippen MR) is 40.4 cm³/mol.